The Labute approximate surface area is 169 Å². The summed E-state index contributed by atoms with van der Waals surface area (Å²) in [5, 5.41) is 3.36. The van der Waals surface area contributed by atoms with Crippen LogP contribution in [0.1, 0.15) is 51.4 Å². The van der Waals surface area contributed by atoms with Gasteiger partial charge in [-0.2, -0.15) is 0 Å². The van der Waals surface area contributed by atoms with Gasteiger partial charge in [0.15, 0.2) is 5.96 Å². The van der Waals surface area contributed by atoms with Gasteiger partial charge >= 0.3 is 0 Å². The molecule has 144 valence electrons. The van der Waals surface area contributed by atoms with Gasteiger partial charge in [-0.25, -0.2) is 0 Å². The molecule has 1 amide bonds. The molecule has 3 aliphatic rings. The molecule has 0 aromatic heterocycles. The van der Waals surface area contributed by atoms with Gasteiger partial charge in [-0.05, 0) is 25.7 Å². The lowest BCUT2D eigenvalue weighted by Crippen LogP contribution is -2.51. The van der Waals surface area contributed by atoms with Crippen molar-refractivity contribution in [3.8, 4) is 0 Å². The number of hydrogen-bond donors (Lipinski definition) is 2. The van der Waals surface area contributed by atoms with Crippen molar-refractivity contribution in [2.24, 2.45) is 16.6 Å². The predicted octanol–water partition coefficient (Wildman–Crippen LogP) is 1.79. The summed E-state index contributed by atoms with van der Waals surface area (Å²) in [4.78, 5) is 21.2. The molecule has 0 aromatic rings. The van der Waals surface area contributed by atoms with Crippen molar-refractivity contribution in [3.05, 3.63) is 0 Å². The summed E-state index contributed by atoms with van der Waals surface area (Å²) in [5.74, 6) is 1.31. The fourth-order valence-electron chi connectivity index (χ4n) is 3.92. The Morgan fingerprint density at radius 2 is 1.68 bits per heavy atom. The molecule has 2 saturated carbocycles. The van der Waals surface area contributed by atoms with Crippen LogP contribution in [0.3, 0.4) is 0 Å². The van der Waals surface area contributed by atoms with Crippen LogP contribution in [-0.4, -0.2) is 67.0 Å². The van der Waals surface area contributed by atoms with E-state index in [4.69, 9.17) is 5.73 Å². The average Bonchev–Trinajstić information content (AvgIpc) is 2.55. The Balaban J connectivity index is 0.00000225. The third-order valence-electron chi connectivity index (χ3n) is 5.79. The van der Waals surface area contributed by atoms with Gasteiger partial charge in [0.25, 0.3) is 0 Å². The summed E-state index contributed by atoms with van der Waals surface area (Å²) in [5.41, 5.74) is 6.00. The Kier molecular flexibility index (Phi) is 8.75. The monoisotopic (exact) mass is 463 g/mol. The lowest BCUT2D eigenvalue weighted by molar-refractivity contribution is -0.139. The van der Waals surface area contributed by atoms with Crippen LogP contribution in [0, 0.1) is 5.92 Å². The highest BCUT2D eigenvalue weighted by Gasteiger charge is 2.30. The lowest BCUT2D eigenvalue weighted by atomic mass is 9.84. The molecular formula is C18H34IN5O. The van der Waals surface area contributed by atoms with E-state index in [0.717, 1.165) is 52.1 Å². The molecule has 0 bridgehead atoms. The number of nitrogens with two attached hydrogens (primary N) is 1. The van der Waals surface area contributed by atoms with Crippen molar-refractivity contribution >= 4 is 35.8 Å². The summed E-state index contributed by atoms with van der Waals surface area (Å²) in [6.45, 7) is 5.33. The first-order valence-electron chi connectivity index (χ1n) is 9.80. The Morgan fingerprint density at radius 3 is 2.28 bits per heavy atom. The fraction of sp³-hybridized carbons (Fsp3) is 0.889. The van der Waals surface area contributed by atoms with Crippen LogP contribution in [-0.2, 0) is 4.79 Å². The topological polar surface area (TPSA) is 74.0 Å². The number of hydrogen-bond acceptors (Lipinski definition) is 3. The highest BCUT2D eigenvalue weighted by Crippen LogP contribution is 2.28. The van der Waals surface area contributed by atoms with E-state index in [1.807, 2.05) is 0 Å². The largest absolute Gasteiger partial charge is 0.370 e. The molecule has 3 N–H and O–H groups in total. The van der Waals surface area contributed by atoms with Gasteiger partial charge in [-0.3, -0.25) is 14.7 Å². The smallest absolute Gasteiger partial charge is 0.225 e. The minimum atomic E-state index is 0. The van der Waals surface area contributed by atoms with E-state index in [2.05, 4.69) is 20.1 Å². The maximum atomic E-state index is 12.2. The second-order valence-corrected chi connectivity index (χ2v) is 7.54. The molecule has 25 heavy (non-hydrogen) atoms. The minimum Gasteiger partial charge on any atom is -0.370 e. The molecule has 1 heterocycles. The van der Waals surface area contributed by atoms with E-state index in [0.29, 0.717) is 23.8 Å². The maximum Gasteiger partial charge on any atom is 0.225 e. The molecule has 0 spiro atoms. The van der Waals surface area contributed by atoms with E-state index in [1.54, 1.807) is 0 Å². The second-order valence-electron chi connectivity index (χ2n) is 7.54. The van der Waals surface area contributed by atoms with Gasteiger partial charge in [0.1, 0.15) is 0 Å². The lowest BCUT2D eigenvalue weighted by Gasteiger charge is -2.38. The summed E-state index contributed by atoms with van der Waals surface area (Å²) in [6.07, 6.45) is 9.81. The van der Waals surface area contributed by atoms with Crippen LogP contribution in [0.15, 0.2) is 4.99 Å². The Morgan fingerprint density at radius 1 is 1.00 bits per heavy atom. The van der Waals surface area contributed by atoms with Crippen LogP contribution in [0.25, 0.3) is 0 Å². The van der Waals surface area contributed by atoms with Gasteiger partial charge in [0.05, 0.1) is 6.54 Å². The first-order valence-corrected chi connectivity index (χ1v) is 9.80. The number of piperazine rings is 1. The molecule has 1 aliphatic heterocycles. The van der Waals surface area contributed by atoms with Crippen LogP contribution < -0.4 is 11.1 Å². The van der Waals surface area contributed by atoms with E-state index >= 15 is 0 Å². The normalized spacial score (nSPS) is 23.7. The zero-order valence-electron chi connectivity index (χ0n) is 15.3. The van der Waals surface area contributed by atoms with E-state index in [9.17, 15) is 4.79 Å². The molecule has 0 atom stereocenters. The third-order valence-corrected chi connectivity index (χ3v) is 5.79. The molecule has 2 aliphatic carbocycles. The average molecular weight is 463 g/mol. The van der Waals surface area contributed by atoms with Gasteiger partial charge in [-0.15, -0.1) is 24.0 Å². The third kappa shape index (κ3) is 6.27. The van der Waals surface area contributed by atoms with E-state index < -0.39 is 0 Å². The number of aliphatic imine (C=N–C) groups is 1. The van der Waals surface area contributed by atoms with Gasteiger partial charge in [0.2, 0.25) is 5.91 Å². The van der Waals surface area contributed by atoms with Crippen LogP contribution in [0.5, 0.6) is 0 Å². The Bertz CT molecular complexity index is 441. The summed E-state index contributed by atoms with van der Waals surface area (Å²) in [6, 6.07) is 0.517. The van der Waals surface area contributed by atoms with Gasteiger partial charge in [0, 0.05) is 44.7 Å². The molecule has 0 aromatic carbocycles. The molecule has 7 heteroatoms. The maximum absolute atomic E-state index is 12.2. The fourth-order valence-corrected chi connectivity index (χ4v) is 3.92. The number of amides is 1. The van der Waals surface area contributed by atoms with Gasteiger partial charge in [-0.1, -0.05) is 25.7 Å². The van der Waals surface area contributed by atoms with E-state index in [1.165, 1.54) is 38.5 Å². The van der Waals surface area contributed by atoms with Crippen molar-refractivity contribution < 1.29 is 4.79 Å². The Hall–Kier alpha value is -0.570. The van der Waals surface area contributed by atoms with Gasteiger partial charge < -0.3 is 16.0 Å². The molecule has 0 radical (unpaired) electrons. The highest BCUT2D eigenvalue weighted by atomic mass is 127. The number of nitrogens with zero attached hydrogens (tertiary/aromatic N) is 3. The quantitative estimate of drug-likeness (QED) is 0.371. The first kappa shape index (κ1) is 20.7. The zero-order valence-corrected chi connectivity index (χ0v) is 17.6. The standard InChI is InChI=1S/C18H33N5O.HI/c19-18(21-16-7-2-1-3-8-16)20-9-10-22-11-13-23(14-12-22)17(24)15-5-4-6-15;/h15-16H,1-14H2,(H3,19,20,21);1H. The first-order chi connectivity index (χ1) is 11.7. The summed E-state index contributed by atoms with van der Waals surface area (Å²) >= 11 is 0. The molecule has 3 fully saturated rings. The number of rotatable bonds is 5. The van der Waals surface area contributed by atoms with Crippen molar-refractivity contribution in [2.75, 3.05) is 39.3 Å². The SMILES string of the molecule is I.NC(=NCCN1CCN(C(=O)C2CCC2)CC1)NC1CCCCC1. The van der Waals surface area contributed by atoms with Crippen molar-refractivity contribution in [3.63, 3.8) is 0 Å². The number of carbonyl (C=O) groups excluding carboxylic acids is 1. The second kappa shape index (κ2) is 10.5. The van der Waals surface area contributed by atoms with Crippen LogP contribution in [0.2, 0.25) is 0 Å². The number of guanidine groups is 1. The summed E-state index contributed by atoms with van der Waals surface area (Å²) in [7, 11) is 0. The number of carbonyl (C=O) groups is 1. The molecular weight excluding hydrogens is 429 g/mol. The van der Waals surface area contributed by atoms with Crippen molar-refractivity contribution in [1.29, 1.82) is 0 Å². The number of halogens is 1. The highest BCUT2D eigenvalue weighted by molar-refractivity contribution is 14.0. The zero-order chi connectivity index (χ0) is 16.8. The summed E-state index contributed by atoms with van der Waals surface area (Å²) < 4.78 is 0. The number of nitrogens with one attached hydrogen (secondary N) is 1. The molecule has 1 saturated heterocycles. The van der Waals surface area contributed by atoms with Crippen LogP contribution >= 0.6 is 24.0 Å². The minimum absolute atomic E-state index is 0. The molecule has 6 nitrogen and oxygen atoms in total. The predicted molar refractivity (Wildman–Crippen MR) is 112 cm³/mol. The van der Waals surface area contributed by atoms with Crippen molar-refractivity contribution in [2.45, 2.75) is 57.4 Å². The van der Waals surface area contributed by atoms with Crippen LogP contribution in [0.4, 0.5) is 0 Å². The van der Waals surface area contributed by atoms with Crippen molar-refractivity contribution in [1.82, 2.24) is 15.1 Å². The van der Waals surface area contributed by atoms with E-state index in [-0.39, 0.29) is 24.0 Å². The molecule has 3 rings (SSSR count). The molecule has 0 unspecified atom stereocenters.